The van der Waals surface area contributed by atoms with Crippen molar-refractivity contribution in [3.63, 3.8) is 0 Å². The highest BCUT2D eigenvalue weighted by molar-refractivity contribution is 6.10. The van der Waals surface area contributed by atoms with Gasteiger partial charge >= 0.3 is 5.97 Å². The highest BCUT2D eigenvalue weighted by atomic mass is 19.1. The van der Waals surface area contributed by atoms with Gasteiger partial charge in [-0.15, -0.1) is 0 Å². The Bertz CT molecular complexity index is 757. The monoisotopic (exact) mass is 315 g/mol. The van der Waals surface area contributed by atoms with Crippen LogP contribution in [-0.2, 0) is 4.74 Å². The number of H-pyrrole nitrogens is 1. The predicted molar refractivity (Wildman–Crippen MR) is 86.0 cm³/mol. The number of aromatic amines is 1. The van der Waals surface area contributed by atoms with Crippen molar-refractivity contribution in [2.45, 2.75) is 20.8 Å². The number of carbonyl (C=O) groups is 2. The summed E-state index contributed by atoms with van der Waals surface area (Å²) in [7, 11) is 0. The van der Waals surface area contributed by atoms with Crippen LogP contribution in [0, 0.1) is 19.7 Å². The maximum Gasteiger partial charge on any atom is 0.355 e. The van der Waals surface area contributed by atoms with Crippen molar-refractivity contribution in [1.29, 1.82) is 0 Å². The number of nitrogens with one attached hydrogen (secondary N) is 1. The number of hydrogen-bond donors (Lipinski definition) is 1. The van der Waals surface area contributed by atoms with Crippen LogP contribution in [0.2, 0.25) is 0 Å². The number of esters is 1. The maximum atomic E-state index is 12.9. The average Bonchev–Trinajstić information content (AvgIpc) is 2.82. The van der Waals surface area contributed by atoms with E-state index in [0.29, 0.717) is 22.5 Å². The summed E-state index contributed by atoms with van der Waals surface area (Å²) in [6, 6.07) is 5.82. The molecule has 4 nitrogen and oxygen atoms in total. The Balaban J connectivity index is 2.25. The number of aromatic nitrogens is 1. The third kappa shape index (κ3) is 3.74. The van der Waals surface area contributed by atoms with Crippen LogP contribution in [0.3, 0.4) is 0 Å². The van der Waals surface area contributed by atoms with Crippen molar-refractivity contribution in [3.05, 3.63) is 64.2 Å². The van der Waals surface area contributed by atoms with Gasteiger partial charge in [-0.3, -0.25) is 4.79 Å². The molecule has 0 aliphatic heterocycles. The summed E-state index contributed by atoms with van der Waals surface area (Å²) in [4.78, 5) is 27.1. The van der Waals surface area contributed by atoms with E-state index in [1.807, 2.05) is 0 Å². The van der Waals surface area contributed by atoms with Crippen LogP contribution in [0.15, 0.2) is 30.3 Å². The molecule has 0 spiro atoms. The molecule has 1 aromatic heterocycles. The van der Waals surface area contributed by atoms with E-state index in [0.717, 1.165) is 5.56 Å². The second kappa shape index (κ2) is 7.05. The number of carbonyl (C=O) groups excluding carboxylic acids is 2. The van der Waals surface area contributed by atoms with Crippen LogP contribution in [0.5, 0.6) is 0 Å². The van der Waals surface area contributed by atoms with Gasteiger partial charge in [0.15, 0.2) is 5.78 Å². The molecule has 5 heteroatoms. The molecule has 0 atom stereocenters. The molecule has 0 radical (unpaired) electrons. The fourth-order valence-corrected chi connectivity index (χ4v) is 2.36. The molecule has 1 heterocycles. The SMILES string of the molecule is CCOC(=O)c1[nH]c(C)c(C(=O)/C=C/c2ccc(F)cc2)c1C. The first-order valence-corrected chi connectivity index (χ1v) is 7.28. The first-order valence-electron chi connectivity index (χ1n) is 7.28. The standard InChI is InChI=1S/C18H18FNO3/c1-4-23-18(22)17-11(2)16(12(3)20-17)15(21)10-7-13-5-8-14(19)9-6-13/h5-10,20H,4H2,1-3H3/b10-7+. The Hall–Kier alpha value is -2.69. The molecular formula is C18H18FNO3. The second-order valence-electron chi connectivity index (χ2n) is 5.09. The van der Waals surface area contributed by atoms with Crippen molar-refractivity contribution in [3.8, 4) is 0 Å². The quantitative estimate of drug-likeness (QED) is 0.518. The van der Waals surface area contributed by atoms with Gasteiger partial charge in [0.25, 0.3) is 0 Å². The zero-order valence-corrected chi connectivity index (χ0v) is 13.3. The number of allylic oxidation sites excluding steroid dienone is 1. The molecule has 0 aliphatic rings. The van der Waals surface area contributed by atoms with Gasteiger partial charge in [-0.05, 0) is 50.1 Å². The number of benzene rings is 1. The number of hydrogen-bond acceptors (Lipinski definition) is 3. The predicted octanol–water partition coefficient (Wildman–Crippen LogP) is 3.84. The summed E-state index contributed by atoms with van der Waals surface area (Å²) in [5.41, 5.74) is 2.64. The van der Waals surface area contributed by atoms with Gasteiger partial charge < -0.3 is 9.72 Å². The van der Waals surface area contributed by atoms with Crippen LogP contribution < -0.4 is 0 Å². The number of aryl methyl sites for hydroxylation is 1. The molecule has 0 fully saturated rings. The minimum Gasteiger partial charge on any atom is -0.461 e. The van der Waals surface area contributed by atoms with E-state index >= 15 is 0 Å². The van der Waals surface area contributed by atoms with Crippen molar-refractivity contribution >= 4 is 17.8 Å². The molecule has 0 aliphatic carbocycles. The molecule has 0 unspecified atom stereocenters. The third-order valence-corrected chi connectivity index (χ3v) is 3.46. The number of ether oxygens (including phenoxy) is 1. The lowest BCUT2D eigenvalue weighted by Crippen LogP contribution is -2.07. The summed E-state index contributed by atoms with van der Waals surface area (Å²) >= 11 is 0. The average molecular weight is 315 g/mol. The van der Waals surface area contributed by atoms with Gasteiger partial charge in [0.1, 0.15) is 11.5 Å². The van der Waals surface area contributed by atoms with Gasteiger partial charge in [-0.2, -0.15) is 0 Å². The Morgan fingerprint density at radius 1 is 1.22 bits per heavy atom. The van der Waals surface area contributed by atoms with Crippen LogP contribution in [-0.4, -0.2) is 23.3 Å². The fourth-order valence-electron chi connectivity index (χ4n) is 2.36. The zero-order chi connectivity index (χ0) is 17.0. The Morgan fingerprint density at radius 3 is 2.48 bits per heavy atom. The van der Waals surface area contributed by atoms with E-state index in [4.69, 9.17) is 4.74 Å². The molecule has 2 aromatic rings. The van der Waals surface area contributed by atoms with E-state index < -0.39 is 5.97 Å². The molecule has 120 valence electrons. The molecule has 1 N–H and O–H groups in total. The van der Waals surface area contributed by atoms with Crippen molar-refractivity contribution in [2.75, 3.05) is 6.61 Å². The summed E-state index contributed by atoms with van der Waals surface area (Å²) in [5, 5.41) is 0. The Morgan fingerprint density at radius 2 is 1.87 bits per heavy atom. The highest BCUT2D eigenvalue weighted by Crippen LogP contribution is 2.20. The summed E-state index contributed by atoms with van der Waals surface area (Å²) in [5.74, 6) is -1.03. The van der Waals surface area contributed by atoms with Crippen LogP contribution >= 0.6 is 0 Å². The zero-order valence-electron chi connectivity index (χ0n) is 13.3. The molecule has 0 bridgehead atoms. The molecule has 1 aromatic carbocycles. The maximum absolute atomic E-state index is 12.9. The van der Waals surface area contributed by atoms with Crippen molar-refractivity contribution < 1.29 is 18.7 Å². The van der Waals surface area contributed by atoms with Crippen LogP contribution in [0.25, 0.3) is 6.08 Å². The van der Waals surface area contributed by atoms with Crippen molar-refractivity contribution in [1.82, 2.24) is 4.98 Å². The van der Waals surface area contributed by atoms with Gasteiger partial charge in [0.2, 0.25) is 0 Å². The molecule has 0 saturated heterocycles. The van der Waals surface area contributed by atoms with Gasteiger partial charge in [-0.1, -0.05) is 18.2 Å². The van der Waals surface area contributed by atoms with Gasteiger partial charge in [0, 0.05) is 11.3 Å². The molecule has 23 heavy (non-hydrogen) atoms. The molecular weight excluding hydrogens is 297 g/mol. The van der Waals surface area contributed by atoms with Crippen molar-refractivity contribution in [2.24, 2.45) is 0 Å². The summed E-state index contributed by atoms with van der Waals surface area (Å²) in [6.07, 6.45) is 3.02. The van der Waals surface area contributed by atoms with E-state index in [2.05, 4.69) is 4.98 Å². The minimum atomic E-state index is -0.477. The molecule has 2 rings (SSSR count). The number of ketones is 1. The van der Waals surface area contributed by atoms with Crippen LogP contribution in [0.1, 0.15) is 44.6 Å². The first kappa shape index (κ1) is 16.7. The summed E-state index contributed by atoms with van der Waals surface area (Å²) < 4.78 is 17.8. The largest absolute Gasteiger partial charge is 0.461 e. The van der Waals surface area contributed by atoms with E-state index in [1.165, 1.54) is 18.2 Å². The topological polar surface area (TPSA) is 59.2 Å². The lowest BCUT2D eigenvalue weighted by Gasteiger charge is -2.00. The minimum absolute atomic E-state index is 0.226. The first-order chi connectivity index (χ1) is 10.9. The lowest BCUT2D eigenvalue weighted by atomic mass is 10.0. The van der Waals surface area contributed by atoms with E-state index in [9.17, 15) is 14.0 Å². The lowest BCUT2D eigenvalue weighted by molar-refractivity contribution is 0.0519. The number of halogens is 1. The molecule has 0 amide bonds. The van der Waals surface area contributed by atoms with Crippen LogP contribution in [0.4, 0.5) is 4.39 Å². The number of rotatable bonds is 5. The van der Waals surface area contributed by atoms with E-state index in [1.54, 1.807) is 39.0 Å². The normalized spacial score (nSPS) is 11.0. The van der Waals surface area contributed by atoms with Gasteiger partial charge in [-0.25, -0.2) is 9.18 Å². The second-order valence-corrected chi connectivity index (χ2v) is 5.09. The fraction of sp³-hybridized carbons (Fsp3) is 0.222. The Labute approximate surface area is 134 Å². The van der Waals surface area contributed by atoms with E-state index in [-0.39, 0.29) is 18.2 Å². The highest BCUT2D eigenvalue weighted by Gasteiger charge is 2.21. The van der Waals surface area contributed by atoms with Gasteiger partial charge in [0.05, 0.1) is 6.61 Å². The Kier molecular flexibility index (Phi) is 5.11. The third-order valence-electron chi connectivity index (χ3n) is 3.46. The smallest absolute Gasteiger partial charge is 0.355 e. The summed E-state index contributed by atoms with van der Waals surface area (Å²) in [6.45, 7) is 5.42. The molecule has 0 saturated carbocycles.